The molecule has 5 heterocycles. The highest BCUT2D eigenvalue weighted by molar-refractivity contribution is 7.13. The van der Waals surface area contributed by atoms with E-state index >= 15 is 0 Å². The van der Waals surface area contributed by atoms with Gasteiger partial charge in [-0.1, -0.05) is 13.0 Å². The van der Waals surface area contributed by atoms with E-state index < -0.39 is 0 Å². The molecule has 8 nitrogen and oxygen atoms in total. The van der Waals surface area contributed by atoms with E-state index in [1.165, 1.54) is 4.40 Å². The van der Waals surface area contributed by atoms with Gasteiger partial charge in [0.1, 0.15) is 17.0 Å². The van der Waals surface area contributed by atoms with Gasteiger partial charge in [-0.3, -0.25) is 14.0 Å². The average molecular weight is 437 g/mol. The zero-order chi connectivity index (χ0) is 21.4. The highest BCUT2D eigenvalue weighted by Gasteiger charge is 2.25. The van der Waals surface area contributed by atoms with Crippen LogP contribution < -0.4 is 15.8 Å². The van der Waals surface area contributed by atoms with Crippen LogP contribution in [0.2, 0.25) is 0 Å². The number of fused-ring (bicyclic) bond motifs is 2. The Morgan fingerprint density at radius 2 is 2.13 bits per heavy atom. The molecule has 5 rings (SSSR count). The lowest BCUT2D eigenvalue weighted by Gasteiger charge is -2.32. The van der Waals surface area contributed by atoms with E-state index in [9.17, 15) is 9.59 Å². The van der Waals surface area contributed by atoms with Gasteiger partial charge in [0.05, 0.1) is 5.39 Å². The van der Waals surface area contributed by atoms with Gasteiger partial charge in [0.15, 0.2) is 5.13 Å². The molecular formula is C22H24N6O2S. The first-order chi connectivity index (χ1) is 15.2. The van der Waals surface area contributed by atoms with Gasteiger partial charge >= 0.3 is 0 Å². The van der Waals surface area contributed by atoms with Crippen molar-refractivity contribution in [3.8, 4) is 0 Å². The maximum absolute atomic E-state index is 13.2. The molecule has 9 heteroatoms. The van der Waals surface area contributed by atoms with Gasteiger partial charge in [0.25, 0.3) is 11.5 Å². The molecule has 4 aromatic rings. The summed E-state index contributed by atoms with van der Waals surface area (Å²) in [6, 6.07) is 7.26. The summed E-state index contributed by atoms with van der Waals surface area (Å²) in [7, 11) is 0. The molecule has 0 saturated carbocycles. The number of hydrogen-bond donors (Lipinski definition) is 1. The van der Waals surface area contributed by atoms with E-state index in [4.69, 9.17) is 0 Å². The summed E-state index contributed by atoms with van der Waals surface area (Å²) in [6.45, 7) is 4.41. The third-order valence-electron chi connectivity index (χ3n) is 5.78. The fourth-order valence-corrected chi connectivity index (χ4v) is 4.93. The van der Waals surface area contributed by atoms with Gasteiger partial charge in [-0.05, 0) is 37.5 Å². The number of carbonyl (C=O) groups excluding carboxylic acids is 1. The van der Waals surface area contributed by atoms with Crippen LogP contribution in [0, 0.1) is 0 Å². The molecule has 0 aromatic carbocycles. The average Bonchev–Trinajstić information content (AvgIpc) is 3.44. The molecule has 1 N–H and O–H groups in total. The first kappa shape index (κ1) is 19.7. The number of aromatic nitrogens is 4. The molecule has 31 heavy (non-hydrogen) atoms. The molecule has 1 saturated heterocycles. The Balaban J connectivity index is 1.42. The Hall–Kier alpha value is -3.20. The molecule has 1 aliphatic heterocycles. The molecule has 1 amide bonds. The Labute approximate surface area is 183 Å². The molecule has 0 aliphatic carbocycles. The molecule has 0 bridgehead atoms. The summed E-state index contributed by atoms with van der Waals surface area (Å²) in [5, 5.41) is 6.67. The van der Waals surface area contributed by atoms with Gasteiger partial charge < -0.3 is 14.8 Å². The zero-order valence-corrected chi connectivity index (χ0v) is 18.1. The number of aryl methyl sites for hydroxylation is 1. The van der Waals surface area contributed by atoms with E-state index in [1.54, 1.807) is 35.7 Å². The van der Waals surface area contributed by atoms with E-state index in [0.29, 0.717) is 28.9 Å². The zero-order valence-electron chi connectivity index (χ0n) is 17.3. The Morgan fingerprint density at radius 1 is 1.29 bits per heavy atom. The number of nitrogens with zero attached hydrogens (tertiary/aromatic N) is 5. The molecule has 160 valence electrons. The standard InChI is InChI=1S/C22H24N6O2S/c1-2-9-27-17(14-16-19(27)25-18-5-3-4-10-28(18)21(16)30)20(29)24-15-6-11-26(12-7-15)22-23-8-13-31-22/h3-5,8,10,13-15H,2,6-7,9,11-12H2,1H3,(H,24,29). The van der Waals surface area contributed by atoms with Crippen molar-refractivity contribution in [1.29, 1.82) is 0 Å². The van der Waals surface area contributed by atoms with Crippen LogP contribution in [-0.4, -0.2) is 44.0 Å². The molecule has 0 unspecified atom stereocenters. The topological polar surface area (TPSA) is 84.5 Å². The molecule has 0 atom stereocenters. The molecule has 0 spiro atoms. The molecule has 4 aromatic heterocycles. The summed E-state index contributed by atoms with van der Waals surface area (Å²) in [5.74, 6) is -0.146. The molecule has 1 aliphatic rings. The Morgan fingerprint density at radius 3 is 2.87 bits per heavy atom. The van der Waals surface area contributed by atoms with E-state index in [-0.39, 0.29) is 17.5 Å². The van der Waals surface area contributed by atoms with Crippen molar-refractivity contribution >= 4 is 39.1 Å². The van der Waals surface area contributed by atoms with Crippen LogP contribution in [0.1, 0.15) is 36.7 Å². The summed E-state index contributed by atoms with van der Waals surface area (Å²) in [5.41, 5.74) is 1.50. The summed E-state index contributed by atoms with van der Waals surface area (Å²) in [6.07, 6.45) is 6.10. The lowest BCUT2D eigenvalue weighted by atomic mass is 10.1. The van der Waals surface area contributed by atoms with Gasteiger partial charge in [-0.2, -0.15) is 0 Å². The SMILES string of the molecule is CCCn1c(C(=O)NC2CCN(c3nccs3)CC2)cc2c(=O)n3ccccc3nc21. The summed E-state index contributed by atoms with van der Waals surface area (Å²) < 4.78 is 3.40. The van der Waals surface area contributed by atoms with Crippen molar-refractivity contribution in [3.63, 3.8) is 0 Å². The number of pyridine rings is 1. The van der Waals surface area contributed by atoms with Gasteiger partial charge in [-0.15, -0.1) is 11.3 Å². The number of carbonyl (C=O) groups is 1. The predicted molar refractivity (Wildman–Crippen MR) is 122 cm³/mol. The van der Waals surface area contributed by atoms with Crippen LogP contribution in [0.3, 0.4) is 0 Å². The first-order valence-corrected chi connectivity index (χ1v) is 11.5. The van der Waals surface area contributed by atoms with Crippen molar-refractivity contribution in [1.82, 2.24) is 24.3 Å². The van der Waals surface area contributed by atoms with Crippen LogP contribution in [0.4, 0.5) is 5.13 Å². The largest absolute Gasteiger partial charge is 0.348 e. The van der Waals surface area contributed by atoms with Crippen molar-refractivity contribution in [2.24, 2.45) is 0 Å². The number of amides is 1. The second-order valence-corrected chi connectivity index (χ2v) is 8.69. The van der Waals surface area contributed by atoms with Crippen molar-refractivity contribution < 1.29 is 4.79 Å². The highest BCUT2D eigenvalue weighted by atomic mass is 32.1. The van der Waals surface area contributed by atoms with Crippen LogP contribution in [0.25, 0.3) is 16.7 Å². The Kier molecular flexibility index (Phi) is 5.19. The summed E-state index contributed by atoms with van der Waals surface area (Å²) >= 11 is 1.64. The van der Waals surface area contributed by atoms with E-state index in [2.05, 4.69) is 27.1 Å². The number of rotatable bonds is 5. The van der Waals surface area contributed by atoms with Crippen molar-refractivity contribution in [2.45, 2.75) is 38.8 Å². The second-order valence-electron chi connectivity index (χ2n) is 7.81. The van der Waals surface area contributed by atoms with Gasteiger partial charge in [0, 0.05) is 43.4 Å². The number of nitrogens with one attached hydrogen (secondary N) is 1. The van der Waals surface area contributed by atoms with Crippen molar-refractivity contribution in [3.05, 3.63) is 58.1 Å². The van der Waals surface area contributed by atoms with Crippen LogP contribution in [0.15, 0.2) is 46.8 Å². The lowest BCUT2D eigenvalue weighted by molar-refractivity contribution is 0.0922. The van der Waals surface area contributed by atoms with E-state index in [1.807, 2.05) is 22.2 Å². The number of hydrogen-bond acceptors (Lipinski definition) is 6. The fourth-order valence-electron chi connectivity index (χ4n) is 4.24. The maximum Gasteiger partial charge on any atom is 0.268 e. The van der Waals surface area contributed by atoms with Crippen LogP contribution in [0.5, 0.6) is 0 Å². The molecule has 1 fully saturated rings. The normalized spacial score (nSPS) is 15.1. The first-order valence-electron chi connectivity index (χ1n) is 10.6. The molecule has 0 radical (unpaired) electrons. The number of anilines is 1. The summed E-state index contributed by atoms with van der Waals surface area (Å²) in [4.78, 5) is 37.5. The lowest BCUT2D eigenvalue weighted by Crippen LogP contribution is -2.45. The minimum atomic E-state index is -0.152. The highest BCUT2D eigenvalue weighted by Crippen LogP contribution is 2.23. The second kappa shape index (κ2) is 8.14. The molecular weight excluding hydrogens is 412 g/mol. The maximum atomic E-state index is 13.2. The van der Waals surface area contributed by atoms with Gasteiger partial charge in [0.2, 0.25) is 0 Å². The third kappa shape index (κ3) is 3.59. The van der Waals surface area contributed by atoms with Crippen molar-refractivity contribution in [2.75, 3.05) is 18.0 Å². The quantitative estimate of drug-likeness (QED) is 0.520. The Bertz CT molecular complexity index is 1280. The number of thiazole rings is 1. The minimum absolute atomic E-state index is 0.102. The number of piperidine rings is 1. The van der Waals surface area contributed by atoms with Crippen LogP contribution in [-0.2, 0) is 6.54 Å². The minimum Gasteiger partial charge on any atom is -0.348 e. The smallest absolute Gasteiger partial charge is 0.268 e. The fraction of sp³-hybridized carbons (Fsp3) is 0.364. The predicted octanol–water partition coefficient (Wildman–Crippen LogP) is 2.91. The van der Waals surface area contributed by atoms with Gasteiger partial charge in [-0.25, -0.2) is 9.97 Å². The van der Waals surface area contributed by atoms with Crippen LogP contribution >= 0.6 is 11.3 Å². The third-order valence-corrected chi connectivity index (χ3v) is 6.61. The van der Waals surface area contributed by atoms with E-state index in [0.717, 1.165) is 37.5 Å². The monoisotopic (exact) mass is 436 g/mol.